The molecule has 3 heterocycles. The molecule has 2 aliphatic rings. The summed E-state index contributed by atoms with van der Waals surface area (Å²) in [5.41, 5.74) is 2.72. The summed E-state index contributed by atoms with van der Waals surface area (Å²) in [7, 11) is 0. The smallest absolute Gasteiger partial charge is 0.229 e. The number of hydrogen-bond donors (Lipinski definition) is 4. The lowest BCUT2D eigenvalue weighted by molar-refractivity contribution is -0.115. The summed E-state index contributed by atoms with van der Waals surface area (Å²) in [4.78, 5) is 20.4. The molecule has 1 saturated heterocycles. The maximum absolute atomic E-state index is 11.5. The number of benzene rings is 1. The Morgan fingerprint density at radius 3 is 3.08 bits per heavy atom. The van der Waals surface area contributed by atoms with E-state index < -0.39 is 0 Å². The molecule has 0 aliphatic carbocycles. The van der Waals surface area contributed by atoms with Gasteiger partial charge in [-0.15, -0.1) is 0 Å². The van der Waals surface area contributed by atoms with E-state index in [-0.39, 0.29) is 5.91 Å². The van der Waals surface area contributed by atoms with Gasteiger partial charge in [0.25, 0.3) is 0 Å². The molecule has 4 rings (SSSR count). The van der Waals surface area contributed by atoms with Gasteiger partial charge in [-0.2, -0.15) is 4.98 Å². The van der Waals surface area contributed by atoms with Gasteiger partial charge in [0.1, 0.15) is 5.82 Å². The molecule has 130 valence electrons. The van der Waals surface area contributed by atoms with E-state index in [4.69, 9.17) is 0 Å². The maximum atomic E-state index is 11.5. The van der Waals surface area contributed by atoms with E-state index in [1.54, 1.807) is 6.20 Å². The van der Waals surface area contributed by atoms with Crippen molar-refractivity contribution in [2.45, 2.75) is 25.3 Å². The molecule has 4 N–H and O–H groups in total. The largest absolute Gasteiger partial charge is 0.365 e. The predicted molar refractivity (Wildman–Crippen MR) is 101 cm³/mol. The van der Waals surface area contributed by atoms with Gasteiger partial charge in [-0.05, 0) is 59.1 Å². The fourth-order valence-electron chi connectivity index (χ4n) is 3.13. The first-order valence-corrected chi connectivity index (χ1v) is 9.16. The van der Waals surface area contributed by atoms with Crippen molar-refractivity contribution in [1.29, 1.82) is 0 Å². The topological polar surface area (TPSA) is 91.0 Å². The van der Waals surface area contributed by atoms with E-state index in [2.05, 4.69) is 47.2 Å². The number of anilines is 4. The van der Waals surface area contributed by atoms with Crippen molar-refractivity contribution in [3.05, 3.63) is 34.4 Å². The van der Waals surface area contributed by atoms with Crippen LogP contribution in [0, 0.1) is 0 Å². The molecular formula is C17H19BrN6O. The van der Waals surface area contributed by atoms with Crippen molar-refractivity contribution in [3.63, 3.8) is 0 Å². The maximum Gasteiger partial charge on any atom is 0.229 e. The Morgan fingerprint density at radius 1 is 1.32 bits per heavy atom. The summed E-state index contributed by atoms with van der Waals surface area (Å²) < 4.78 is 0.840. The number of nitrogens with one attached hydrogen (secondary N) is 4. The number of rotatable bonds is 4. The molecule has 1 amide bonds. The zero-order valence-electron chi connectivity index (χ0n) is 13.6. The highest BCUT2D eigenvalue weighted by Gasteiger charge is 2.18. The van der Waals surface area contributed by atoms with E-state index in [0.29, 0.717) is 18.4 Å². The predicted octanol–water partition coefficient (Wildman–Crippen LogP) is 2.64. The molecule has 7 nitrogen and oxygen atoms in total. The molecule has 0 spiro atoms. The SMILES string of the molecule is O=C1Cc2cc(Nc3ncc(Br)c(NC4CCCNC4)n3)ccc2N1. The second kappa shape index (κ2) is 6.97. The second-order valence-electron chi connectivity index (χ2n) is 6.30. The third kappa shape index (κ3) is 3.74. The first-order chi connectivity index (χ1) is 12.2. The fraction of sp³-hybridized carbons (Fsp3) is 0.353. The third-order valence-corrected chi connectivity index (χ3v) is 4.95. The van der Waals surface area contributed by atoms with Gasteiger partial charge in [-0.25, -0.2) is 4.98 Å². The van der Waals surface area contributed by atoms with Crippen molar-refractivity contribution in [2.24, 2.45) is 0 Å². The van der Waals surface area contributed by atoms with Crippen LogP contribution in [0.3, 0.4) is 0 Å². The molecular weight excluding hydrogens is 384 g/mol. The zero-order valence-corrected chi connectivity index (χ0v) is 15.2. The Balaban J connectivity index is 1.50. The van der Waals surface area contributed by atoms with Crippen molar-refractivity contribution >= 4 is 45.0 Å². The van der Waals surface area contributed by atoms with Gasteiger partial charge in [0.2, 0.25) is 11.9 Å². The quantitative estimate of drug-likeness (QED) is 0.628. The molecule has 1 atom stereocenters. The Hall–Kier alpha value is -2.19. The Kier molecular flexibility index (Phi) is 4.54. The first-order valence-electron chi connectivity index (χ1n) is 8.37. The highest BCUT2D eigenvalue weighted by atomic mass is 79.9. The summed E-state index contributed by atoms with van der Waals surface area (Å²) in [5.74, 6) is 1.33. The average molecular weight is 403 g/mol. The normalized spacial score (nSPS) is 19.2. The molecule has 1 aromatic heterocycles. The van der Waals surface area contributed by atoms with Crippen LogP contribution in [0.25, 0.3) is 0 Å². The molecule has 0 radical (unpaired) electrons. The molecule has 2 aromatic rings. The van der Waals surface area contributed by atoms with E-state index in [1.165, 1.54) is 0 Å². The van der Waals surface area contributed by atoms with E-state index in [0.717, 1.165) is 53.2 Å². The minimum Gasteiger partial charge on any atom is -0.365 e. The molecule has 8 heteroatoms. The van der Waals surface area contributed by atoms with Gasteiger partial charge < -0.3 is 21.3 Å². The van der Waals surface area contributed by atoms with Gasteiger partial charge in [0.15, 0.2) is 0 Å². The molecule has 1 unspecified atom stereocenters. The summed E-state index contributed by atoms with van der Waals surface area (Å²) in [6.07, 6.45) is 4.44. The van der Waals surface area contributed by atoms with Gasteiger partial charge in [-0.3, -0.25) is 4.79 Å². The van der Waals surface area contributed by atoms with Crippen LogP contribution in [0.4, 0.5) is 23.1 Å². The number of carbonyl (C=O) groups excluding carboxylic acids is 1. The third-order valence-electron chi connectivity index (χ3n) is 4.37. The number of halogens is 1. The lowest BCUT2D eigenvalue weighted by Crippen LogP contribution is -2.38. The van der Waals surface area contributed by atoms with Crippen LogP contribution in [0.15, 0.2) is 28.9 Å². The average Bonchev–Trinajstić information content (AvgIpc) is 2.98. The van der Waals surface area contributed by atoms with Crippen LogP contribution >= 0.6 is 15.9 Å². The number of piperidine rings is 1. The molecule has 0 bridgehead atoms. The van der Waals surface area contributed by atoms with E-state index in [1.807, 2.05) is 18.2 Å². The summed E-state index contributed by atoms with van der Waals surface area (Å²) in [6, 6.07) is 6.13. The van der Waals surface area contributed by atoms with Crippen molar-refractivity contribution in [1.82, 2.24) is 15.3 Å². The summed E-state index contributed by atoms with van der Waals surface area (Å²) in [5, 5.41) is 12.9. The summed E-state index contributed by atoms with van der Waals surface area (Å²) >= 11 is 3.51. The monoisotopic (exact) mass is 402 g/mol. The molecule has 0 saturated carbocycles. The molecule has 2 aliphatic heterocycles. The van der Waals surface area contributed by atoms with Crippen molar-refractivity contribution in [3.8, 4) is 0 Å². The number of amides is 1. The number of hydrogen-bond acceptors (Lipinski definition) is 6. The summed E-state index contributed by atoms with van der Waals surface area (Å²) in [6.45, 7) is 2.01. The Labute approximate surface area is 154 Å². The Morgan fingerprint density at radius 2 is 2.24 bits per heavy atom. The number of carbonyl (C=O) groups is 1. The fourth-order valence-corrected chi connectivity index (χ4v) is 3.44. The van der Waals surface area contributed by atoms with E-state index >= 15 is 0 Å². The molecule has 25 heavy (non-hydrogen) atoms. The van der Waals surface area contributed by atoms with Crippen molar-refractivity contribution in [2.75, 3.05) is 29.0 Å². The van der Waals surface area contributed by atoms with Crippen LogP contribution in [-0.4, -0.2) is 35.0 Å². The minimum absolute atomic E-state index is 0.0274. The van der Waals surface area contributed by atoms with Crippen LogP contribution in [0.2, 0.25) is 0 Å². The number of aromatic nitrogens is 2. The van der Waals surface area contributed by atoms with Crippen LogP contribution in [-0.2, 0) is 11.2 Å². The Bertz CT molecular complexity index is 806. The molecule has 1 aromatic carbocycles. The lowest BCUT2D eigenvalue weighted by atomic mass is 10.1. The second-order valence-corrected chi connectivity index (χ2v) is 7.15. The standard InChI is InChI=1S/C17H19BrN6O/c18-13-9-20-17(24-16(13)21-12-2-1-5-19-8-12)22-11-3-4-14-10(6-11)7-15(25)23-14/h3-4,6,9,12,19H,1-2,5,7-8H2,(H,23,25)(H2,20,21,22,24). The van der Waals surface area contributed by atoms with Crippen LogP contribution in [0.1, 0.15) is 18.4 Å². The highest BCUT2D eigenvalue weighted by Crippen LogP contribution is 2.28. The number of fused-ring (bicyclic) bond motifs is 1. The van der Waals surface area contributed by atoms with E-state index in [9.17, 15) is 4.79 Å². The van der Waals surface area contributed by atoms with Gasteiger partial charge in [0.05, 0.1) is 10.9 Å². The minimum atomic E-state index is 0.0274. The lowest BCUT2D eigenvalue weighted by Gasteiger charge is -2.24. The highest BCUT2D eigenvalue weighted by molar-refractivity contribution is 9.10. The van der Waals surface area contributed by atoms with Gasteiger partial charge in [-0.1, -0.05) is 0 Å². The van der Waals surface area contributed by atoms with Crippen molar-refractivity contribution < 1.29 is 4.79 Å². The first kappa shape index (κ1) is 16.3. The zero-order chi connectivity index (χ0) is 17.2. The van der Waals surface area contributed by atoms with Gasteiger partial charge >= 0.3 is 0 Å². The van der Waals surface area contributed by atoms with Crippen LogP contribution < -0.4 is 21.3 Å². The van der Waals surface area contributed by atoms with Crippen LogP contribution in [0.5, 0.6) is 0 Å². The number of nitrogens with zero attached hydrogens (tertiary/aromatic N) is 2. The van der Waals surface area contributed by atoms with Gasteiger partial charge in [0, 0.05) is 30.2 Å². The molecule has 1 fully saturated rings.